The van der Waals surface area contributed by atoms with Crippen molar-refractivity contribution in [3.8, 4) is 11.5 Å². The number of hydrogen-bond donors (Lipinski definition) is 0. The predicted octanol–water partition coefficient (Wildman–Crippen LogP) is 2.61. The lowest BCUT2D eigenvalue weighted by atomic mass is 9.82. The van der Waals surface area contributed by atoms with E-state index in [1.165, 1.54) is 0 Å². The van der Waals surface area contributed by atoms with Gasteiger partial charge in [-0.05, 0) is 49.3 Å². The number of ether oxygens (including phenoxy) is 2. The van der Waals surface area contributed by atoms with Crippen molar-refractivity contribution >= 4 is 11.8 Å². The first-order valence-electron chi connectivity index (χ1n) is 10.5. The van der Waals surface area contributed by atoms with Crippen molar-refractivity contribution in [1.82, 2.24) is 15.0 Å². The number of nitrogens with zero attached hydrogens (tertiary/aromatic N) is 3. The van der Waals surface area contributed by atoms with Gasteiger partial charge < -0.3 is 23.8 Å². The predicted molar refractivity (Wildman–Crippen MR) is 106 cm³/mol. The molecule has 0 saturated carbocycles. The van der Waals surface area contributed by atoms with Gasteiger partial charge in [-0.1, -0.05) is 11.2 Å². The van der Waals surface area contributed by atoms with Crippen LogP contribution in [0.4, 0.5) is 0 Å². The van der Waals surface area contributed by atoms with Crippen LogP contribution >= 0.6 is 0 Å². The molecule has 0 unspecified atom stereocenters. The summed E-state index contributed by atoms with van der Waals surface area (Å²) in [5, 5.41) is 3.86. The molecule has 0 radical (unpaired) electrons. The zero-order valence-corrected chi connectivity index (χ0v) is 17.0. The Balaban J connectivity index is 1.24. The minimum atomic E-state index is -0.0851. The largest absolute Gasteiger partial charge is 0.454 e. The molecule has 3 aliphatic rings. The topological polar surface area (TPSA) is 85.1 Å². The first kappa shape index (κ1) is 19.0. The minimum absolute atomic E-state index is 0.0851. The number of piperidine rings is 1. The Hall–Kier alpha value is -3.03. The number of rotatable bonds is 3. The van der Waals surface area contributed by atoms with Crippen LogP contribution in [0.5, 0.6) is 11.5 Å². The number of fused-ring (bicyclic) bond motifs is 2. The lowest BCUT2D eigenvalue weighted by molar-refractivity contribution is -0.132. The highest BCUT2D eigenvalue weighted by atomic mass is 16.7. The van der Waals surface area contributed by atoms with Gasteiger partial charge in [0.2, 0.25) is 12.7 Å². The highest BCUT2D eigenvalue weighted by Gasteiger charge is 2.37. The molecule has 0 bridgehead atoms. The number of benzene rings is 1. The van der Waals surface area contributed by atoms with Crippen LogP contribution in [0.25, 0.3) is 0 Å². The van der Waals surface area contributed by atoms with Crippen molar-refractivity contribution in [3.05, 3.63) is 41.3 Å². The van der Waals surface area contributed by atoms with E-state index in [0.717, 1.165) is 29.9 Å². The van der Waals surface area contributed by atoms with Gasteiger partial charge in [-0.3, -0.25) is 9.59 Å². The van der Waals surface area contributed by atoms with E-state index < -0.39 is 0 Å². The molecule has 2 amide bonds. The van der Waals surface area contributed by atoms with E-state index in [1.54, 1.807) is 13.0 Å². The molecule has 2 aromatic rings. The Labute approximate surface area is 174 Å². The summed E-state index contributed by atoms with van der Waals surface area (Å²) < 4.78 is 15.9. The van der Waals surface area contributed by atoms with Crippen LogP contribution in [0.15, 0.2) is 28.8 Å². The summed E-state index contributed by atoms with van der Waals surface area (Å²) in [5.74, 6) is 2.86. The monoisotopic (exact) mass is 411 g/mol. The number of aromatic nitrogens is 1. The molecule has 1 aromatic heterocycles. The lowest BCUT2D eigenvalue weighted by Gasteiger charge is -2.36. The summed E-state index contributed by atoms with van der Waals surface area (Å²) in [5.41, 5.74) is 1.40. The molecule has 8 heteroatoms. The zero-order valence-electron chi connectivity index (χ0n) is 17.0. The van der Waals surface area contributed by atoms with E-state index >= 15 is 0 Å². The molecule has 30 heavy (non-hydrogen) atoms. The minimum Gasteiger partial charge on any atom is -0.454 e. The van der Waals surface area contributed by atoms with E-state index in [1.807, 2.05) is 28.0 Å². The van der Waals surface area contributed by atoms with Crippen molar-refractivity contribution < 1.29 is 23.6 Å². The molecule has 4 heterocycles. The van der Waals surface area contributed by atoms with Gasteiger partial charge in [0.05, 0.1) is 0 Å². The molecule has 158 valence electrons. The fourth-order valence-electron chi connectivity index (χ4n) is 4.72. The van der Waals surface area contributed by atoms with Crippen LogP contribution in [-0.2, 0) is 11.3 Å². The number of hydrogen-bond acceptors (Lipinski definition) is 6. The Bertz CT molecular complexity index is 971. The van der Waals surface area contributed by atoms with Crippen molar-refractivity contribution in [2.45, 2.75) is 32.7 Å². The van der Waals surface area contributed by atoms with Crippen LogP contribution in [0.2, 0.25) is 0 Å². The normalized spacial score (nSPS) is 23.3. The second-order valence-corrected chi connectivity index (χ2v) is 8.38. The third kappa shape index (κ3) is 3.62. The molecule has 8 nitrogen and oxygen atoms in total. The maximum atomic E-state index is 12.9. The van der Waals surface area contributed by atoms with Gasteiger partial charge in [-0.2, -0.15) is 0 Å². The van der Waals surface area contributed by atoms with Gasteiger partial charge in [0, 0.05) is 38.7 Å². The Morgan fingerprint density at radius 1 is 1.13 bits per heavy atom. The summed E-state index contributed by atoms with van der Waals surface area (Å²) in [6.45, 7) is 4.60. The van der Waals surface area contributed by atoms with Crippen molar-refractivity contribution in [2.24, 2.45) is 11.8 Å². The number of carbonyl (C=O) groups excluding carboxylic acids is 2. The van der Waals surface area contributed by atoms with Crippen LogP contribution in [0, 0.1) is 18.8 Å². The molecule has 2 saturated heterocycles. The molecule has 2 atom stereocenters. The molecular weight excluding hydrogens is 386 g/mol. The highest BCUT2D eigenvalue weighted by molar-refractivity contribution is 5.92. The van der Waals surface area contributed by atoms with Gasteiger partial charge in [0.15, 0.2) is 17.2 Å². The fraction of sp³-hybridized carbons (Fsp3) is 0.500. The van der Waals surface area contributed by atoms with Crippen LogP contribution in [0.1, 0.15) is 41.1 Å². The molecule has 0 aliphatic carbocycles. The smallest absolute Gasteiger partial charge is 0.276 e. The molecule has 5 rings (SSSR count). The standard InChI is InChI=1S/C22H25N3O5/c1-14-8-18(23-30-14)22(27)25-7-4-16-10-21(26)24(6-5-17(16)12-25)11-15-2-3-19-20(9-15)29-13-28-19/h2-3,8-9,16-17H,4-7,10-13H2,1H3/t16-,17-/m0/s1. The molecule has 1 aromatic carbocycles. The molecule has 2 fully saturated rings. The van der Waals surface area contributed by atoms with E-state index in [0.29, 0.717) is 55.9 Å². The average molecular weight is 411 g/mol. The Kier molecular flexibility index (Phi) is 4.84. The van der Waals surface area contributed by atoms with E-state index in [9.17, 15) is 9.59 Å². The highest BCUT2D eigenvalue weighted by Crippen LogP contribution is 2.35. The second kappa shape index (κ2) is 7.66. The lowest BCUT2D eigenvalue weighted by Crippen LogP contribution is -2.44. The summed E-state index contributed by atoms with van der Waals surface area (Å²) in [7, 11) is 0. The molecule has 0 spiro atoms. The quantitative estimate of drug-likeness (QED) is 0.772. The van der Waals surface area contributed by atoms with Crippen LogP contribution in [0.3, 0.4) is 0 Å². The summed E-state index contributed by atoms with van der Waals surface area (Å²) in [4.78, 5) is 29.4. The van der Waals surface area contributed by atoms with Gasteiger partial charge in [0.1, 0.15) is 5.76 Å². The summed E-state index contributed by atoms with van der Waals surface area (Å²) in [6, 6.07) is 7.51. The Morgan fingerprint density at radius 3 is 2.80 bits per heavy atom. The first-order valence-corrected chi connectivity index (χ1v) is 10.5. The molecule has 3 aliphatic heterocycles. The maximum Gasteiger partial charge on any atom is 0.276 e. The van der Waals surface area contributed by atoms with Crippen LogP contribution < -0.4 is 9.47 Å². The summed E-state index contributed by atoms with van der Waals surface area (Å²) >= 11 is 0. The number of likely N-dealkylation sites (tertiary alicyclic amines) is 2. The van der Waals surface area contributed by atoms with E-state index in [2.05, 4.69) is 5.16 Å². The molecule has 0 N–H and O–H groups in total. The number of amides is 2. The summed E-state index contributed by atoms with van der Waals surface area (Å²) in [6.07, 6.45) is 2.28. The van der Waals surface area contributed by atoms with Gasteiger partial charge in [0.25, 0.3) is 5.91 Å². The van der Waals surface area contributed by atoms with Gasteiger partial charge in [-0.15, -0.1) is 0 Å². The first-order chi connectivity index (χ1) is 14.6. The van der Waals surface area contributed by atoms with Gasteiger partial charge in [-0.25, -0.2) is 0 Å². The molecular formula is C22H25N3O5. The van der Waals surface area contributed by atoms with Gasteiger partial charge >= 0.3 is 0 Å². The SMILES string of the molecule is Cc1cc(C(=O)N2CC[C@H]3CC(=O)N(Cc4ccc5c(c4)OCO5)CC[C@H]3C2)no1. The Morgan fingerprint density at radius 2 is 1.97 bits per heavy atom. The van der Waals surface area contributed by atoms with E-state index in [4.69, 9.17) is 14.0 Å². The third-order valence-corrected chi connectivity index (χ3v) is 6.40. The van der Waals surface area contributed by atoms with Crippen LogP contribution in [-0.4, -0.2) is 53.2 Å². The number of aryl methyl sites for hydroxylation is 1. The fourth-order valence-corrected chi connectivity index (χ4v) is 4.72. The van der Waals surface area contributed by atoms with E-state index in [-0.39, 0.29) is 18.6 Å². The van der Waals surface area contributed by atoms with Crippen molar-refractivity contribution in [3.63, 3.8) is 0 Å². The zero-order chi connectivity index (χ0) is 20.7. The average Bonchev–Trinajstić information content (AvgIpc) is 3.36. The number of carbonyl (C=O) groups is 2. The second-order valence-electron chi connectivity index (χ2n) is 8.38. The maximum absolute atomic E-state index is 12.9. The van der Waals surface area contributed by atoms with Crippen molar-refractivity contribution in [1.29, 1.82) is 0 Å². The van der Waals surface area contributed by atoms with Crippen molar-refractivity contribution in [2.75, 3.05) is 26.4 Å². The third-order valence-electron chi connectivity index (χ3n) is 6.40.